The van der Waals surface area contributed by atoms with Crippen molar-refractivity contribution in [3.63, 3.8) is 0 Å². The first-order valence-electron chi connectivity index (χ1n) is 11.5. The van der Waals surface area contributed by atoms with Gasteiger partial charge in [0.15, 0.2) is 5.82 Å². The van der Waals surface area contributed by atoms with Crippen molar-refractivity contribution in [3.8, 4) is 0 Å². The molecule has 1 aromatic heterocycles. The van der Waals surface area contributed by atoms with Crippen molar-refractivity contribution in [1.82, 2.24) is 25.0 Å². The van der Waals surface area contributed by atoms with E-state index in [4.69, 9.17) is 4.98 Å². The van der Waals surface area contributed by atoms with Gasteiger partial charge in [-0.3, -0.25) is 14.7 Å². The molecule has 2 aliphatic carbocycles. The van der Waals surface area contributed by atoms with Crippen LogP contribution in [0.1, 0.15) is 88.2 Å². The van der Waals surface area contributed by atoms with Crippen molar-refractivity contribution in [3.05, 3.63) is 11.6 Å². The SMILES string of the molecule is CC(=O)N1CCC(CC(=O)N2CC(c3nc(C4CC4)n[nH]3)C3(CCCC3)C2)CC1. The first-order valence-corrected chi connectivity index (χ1v) is 11.5. The van der Waals surface area contributed by atoms with Gasteiger partial charge in [-0.05, 0) is 49.9 Å². The van der Waals surface area contributed by atoms with Gasteiger partial charge >= 0.3 is 0 Å². The second kappa shape index (κ2) is 7.40. The largest absolute Gasteiger partial charge is 0.343 e. The van der Waals surface area contributed by atoms with Gasteiger partial charge in [0.25, 0.3) is 0 Å². The molecule has 1 N–H and O–H groups in total. The van der Waals surface area contributed by atoms with Crippen molar-refractivity contribution in [2.24, 2.45) is 11.3 Å². The maximum atomic E-state index is 13.2. The maximum Gasteiger partial charge on any atom is 0.222 e. The van der Waals surface area contributed by atoms with Crippen LogP contribution >= 0.6 is 0 Å². The standard InChI is InChI=1S/C22H33N5O2/c1-15(28)26-10-6-16(7-11-26)12-19(29)27-13-18(22(14-27)8-2-3-9-22)21-23-20(24-25-21)17-4-5-17/h16-18H,2-14H2,1H3,(H,23,24,25). The molecule has 3 heterocycles. The van der Waals surface area contributed by atoms with Gasteiger partial charge in [-0.2, -0.15) is 5.10 Å². The molecule has 4 aliphatic rings. The van der Waals surface area contributed by atoms with Crippen LogP contribution < -0.4 is 0 Å². The molecule has 0 aromatic carbocycles. The highest BCUT2D eigenvalue weighted by Gasteiger charge is 2.51. The molecule has 1 atom stereocenters. The van der Waals surface area contributed by atoms with Gasteiger partial charge in [0, 0.05) is 51.4 Å². The predicted molar refractivity (Wildman–Crippen MR) is 108 cm³/mol. The molecule has 5 rings (SSSR count). The van der Waals surface area contributed by atoms with E-state index in [9.17, 15) is 9.59 Å². The Labute approximate surface area is 172 Å². The lowest BCUT2D eigenvalue weighted by Gasteiger charge is -2.32. The van der Waals surface area contributed by atoms with Crippen LogP contribution in [-0.2, 0) is 9.59 Å². The second-order valence-corrected chi connectivity index (χ2v) is 9.90. The Morgan fingerprint density at radius 3 is 2.48 bits per heavy atom. The van der Waals surface area contributed by atoms with Crippen LogP contribution in [0.15, 0.2) is 0 Å². The van der Waals surface area contributed by atoms with E-state index in [-0.39, 0.29) is 11.3 Å². The van der Waals surface area contributed by atoms with E-state index in [0.717, 1.165) is 50.7 Å². The van der Waals surface area contributed by atoms with E-state index in [1.165, 1.54) is 38.5 Å². The van der Waals surface area contributed by atoms with Crippen molar-refractivity contribution in [1.29, 1.82) is 0 Å². The summed E-state index contributed by atoms with van der Waals surface area (Å²) in [5.74, 6) is 3.70. The number of carbonyl (C=O) groups excluding carboxylic acids is 2. The van der Waals surface area contributed by atoms with Gasteiger partial charge in [0.1, 0.15) is 5.82 Å². The highest BCUT2D eigenvalue weighted by atomic mass is 16.2. The Hall–Kier alpha value is -1.92. The second-order valence-electron chi connectivity index (χ2n) is 9.90. The fourth-order valence-corrected chi connectivity index (χ4v) is 5.92. The highest BCUT2D eigenvalue weighted by Crippen LogP contribution is 2.53. The summed E-state index contributed by atoms with van der Waals surface area (Å²) in [6, 6.07) is 0. The zero-order valence-electron chi connectivity index (χ0n) is 17.5. The van der Waals surface area contributed by atoms with E-state index < -0.39 is 0 Å². The van der Waals surface area contributed by atoms with Crippen LogP contribution in [0.2, 0.25) is 0 Å². The zero-order chi connectivity index (χ0) is 20.0. The summed E-state index contributed by atoms with van der Waals surface area (Å²) >= 11 is 0. The van der Waals surface area contributed by atoms with E-state index in [1.54, 1.807) is 6.92 Å². The molecule has 29 heavy (non-hydrogen) atoms. The fourth-order valence-electron chi connectivity index (χ4n) is 5.92. The number of hydrogen-bond acceptors (Lipinski definition) is 4. The van der Waals surface area contributed by atoms with Crippen molar-refractivity contribution in [2.75, 3.05) is 26.2 Å². The number of likely N-dealkylation sites (tertiary alicyclic amines) is 2. The lowest BCUT2D eigenvalue weighted by Crippen LogP contribution is -2.39. The molecule has 1 spiro atoms. The van der Waals surface area contributed by atoms with Gasteiger partial charge in [-0.25, -0.2) is 4.98 Å². The number of hydrogen-bond donors (Lipinski definition) is 1. The minimum absolute atomic E-state index is 0.151. The van der Waals surface area contributed by atoms with E-state index in [1.807, 2.05) is 4.90 Å². The molecule has 0 bridgehead atoms. The molecule has 2 aliphatic heterocycles. The Kier molecular flexibility index (Phi) is 4.87. The number of piperidine rings is 1. The number of amides is 2. The molecule has 4 fully saturated rings. The molecule has 1 unspecified atom stereocenters. The van der Waals surface area contributed by atoms with Crippen molar-refractivity contribution >= 4 is 11.8 Å². The Morgan fingerprint density at radius 2 is 1.83 bits per heavy atom. The average Bonchev–Trinajstić information content (AvgIpc) is 3.13. The summed E-state index contributed by atoms with van der Waals surface area (Å²) in [5, 5.41) is 7.73. The molecular weight excluding hydrogens is 366 g/mol. The van der Waals surface area contributed by atoms with Crippen molar-refractivity contribution < 1.29 is 9.59 Å². The summed E-state index contributed by atoms with van der Waals surface area (Å²) in [6.45, 7) is 4.88. The van der Waals surface area contributed by atoms with Gasteiger partial charge in [-0.15, -0.1) is 0 Å². The minimum atomic E-state index is 0.151. The third kappa shape index (κ3) is 3.68. The van der Waals surface area contributed by atoms with Crippen LogP contribution in [0.25, 0.3) is 0 Å². The van der Waals surface area contributed by atoms with Gasteiger partial charge in [-0.1, -0.05) is 12.8 Å². The van der Waals surface area contributed by atoms with Gasteiger partial charge in [0.2, 0.25) is 11.8 Å². The van der Waals surface area contributed by atoms with Crippen LogP contribution in [0.5, 0.6) is 0 Å². The van der Waals surface area contributed by atoms with Gasteiger partial charge < -0.3 is 9.80 Å². The topological polar surface area (TPSA) is 82.2 Å². The Balaban J connectivity index is 1.25. The number of aromatic nitrogens is 3. The fraction of sp³-hybridized carbons (Fsp3) is 0.818. The number of rotatable bonds is 4. The Bertz CT molecular complexity index is 772. The van der Waals surface area contributed by atoms with Crippen LogP contribution in [0.3, 0.4) is 0 Å². The quantitative estimate of drug-likeness (QED) is 0.844. The monoisotopic (exact) mass is 399 g/mol. The lowest BCUT2D eigenvalue weighted by molar-refractivity contribution is -0.132. The number of aromatic amines is 1. The minimum Gasteiger partial charge on any atom is -0.343 e. The number of H-pyrrole nitrogens is 1. The smallest absolute Gasteiger partial charge is 0.222 e. The zero-order valence-corrected chi connectivity index (χ0v) is 17.5. The first kappa shape index (κ1) is 19.1. The highest BCUT2D eigenvalue weighted by molar-refractivity contribution is 5.77. The first-order chi connectivity index (χ1) is 14.0. The third-order valence-electron chi connectivity index (χ3n) is 7.92. The molecule has 7 nitrogen and oxygen atoms in total. The van der Waals surface area contributed by atoms with Crippen LogP contribution in [0, 0.1) is 11.3 Å². The molecule has 0 radical (unpaired) electrons. The number of carbonyl (C=O) groups is 2. The third-order valence-corrected chi connectivity index (χ3v) is 7.92. The van der Waals surface area contributed by atoms with Crippen molar-refractivity contribution in [2.45, 2.75) is 76.5 Å². The summed E-state index contributed by atoms with van der Waals surface area (Å²) in [7, 11) is 0. The molecule has 2 saturated carbocycles. The molecule has 2 amide bonds. The van der Waals surface area contributed by atoms with Crippen LogP contribution in [0.4, 0.5) is 0 Å². The summed E-state index contributed by atoms with van der Waals surface area (Å²) in [5.41, 5.74) is 0.189. The summed E-state index contributed by atoms with van der Waals surface area (Å²) < 4.78 is 0. The van der Waals surface area contributed by atoms with E-state index in [0.29, 0.717) is 30.1 Å². The molecule has 1 aromatic rings. The normalized spacial score (nSPS) is 27.1. The molecule has 7 heteroatoms. The number of nitrogens with one attached hydrogen (secondary N) is 1. The average molecular weight is 400 g/mol. The van der Waals surface area contributed by atoms with E-state index in [2.05, 4.69) is 15.1 Å². The summed E-state index contributed by atoms with van der Waals surface area (Å²) in [6.07, 6.45) is 9.83. The number of nitrogens with zero attached hydrogens (tertiary/aromatic N) is 4. The predicted octanol–water partition coefficient (Wildman–Crippen LogP) is 2.82. The lowest BCUT2D eigenvalue weighted by atomic mass is 9.76. The van der Waals surface area contributed by atoms with E-state index >= 15 is 0 Å². The van der Waals surface area contributed by atoms with Gasteiger partial charge in [0.05, 0.1) is 0 Å². The molecule has 158 valence electrons. The summed E-state index contributed by atoms with van der Waals surface area (Å²) in [4.78, 5) is 33.6. The molecular formula is C22H33N5O2. The molecule has 2 saturated heterocycles. The van der Waals surface area contributed by atoms with Crippen LogP contribution in [-0.4, -0.2) is 63.0 Å². The Morgan fingerprint density at radius 1 is 1.10 bits per heavy atom. The maximum absolute atomic E-state index is 13.2.